The number of rotatable bonds is 4. The molecule has 10 nitrogen and oxygen atoms in total. The molecule has 32 heavy (non-hydrogen) atoms. The molecule has 0 spiro atoms. The predicted octanol–water partition coefficient (Wildman–Crippen LogP) is 1.57. The van der Waals surface area contributed by atoms with Crippen molar-refractivity contribution in [1.29, 1.82) is 0 Å². The van der Waals surface area contributed by atoms with Gasteiger partial charge in [-0.25, -0.2) is 9.97 Å². The number of nitrogens with two attached hydrogens (primary N) is 2. The van der Waals surface area contributed by atoms with Crippen LogP contribution >= 0.6 is 11.3 Å². The summed E-state index contributed by atoms with van der Waals surface area (Å²) in [5.74, 6) is 0.252. The second-order valence-corrected chi connectivity index (χ2v) is 10.5. The first-order chi connectivity index (χ1) is 15.0. The number of aliphatic hydroxyl groups excluding tert-OH is 2. The molecule has 2 heterocycles. The molecule has 6 N–H and O–H groups in total. The molecular formula is C20H27N5O5S2. The SMILES string of the molecule is C[C@@H]1C[C@H](COS(C)(=O)=O)[C@@H](O)[C@H]1O.Cc1nc(N)nc(N)c1-c1nc2ccccc2s1. The maximum Gasteiger partial charge on any atom is 0.264 e. The minimum atomic E-state index is -3.46. The first-order valence-corrected chi connectivity index (χ1v) is 12.6. The van der Waals surface area contributed by atoms with Crippen molar-refractivity contribution >= 4 is 43.4 Å². The van der Waals surface area contributed by atoms with Crippen LogP contribution in [0.2, 0.25) is 0 Å². The van der Waals surface area contributed by atoms with E-state index in [4.69, 9.17) is 11.5 Å². The van der Waals surface area contributed by atoms with Gasteiger partial charge in [-0.05, 0) is 31.4 Å². The number of fused-ring (bicyclic) bond motifs is 1. The first-order valence-electron chi connectivity index (χ1n) is 9.92. The van der Waals surface area contributed by atoms with E-state index in [2.05, 4.69) is 19.1 Å². The second-order valence-electron chi connectivity index (χ2n) is 7.86. The molecule has 0 saturated heterocycles. The van der Waals surface area contributed by atoms with Crippen LogP contribution in [-0.4, -0.2) is 58.7 Å². The van der Waals surface area contributed by atoms with E-state index in [0.29, 0.717) is 12.2 Å². The largest absolute Gasteiger partial charge is 0.390 e. The van der Waals surface area contributed by atoms with Crippen LogP contribution in [0.1, 0.15) is 19.0 Å². The lowest BCUT2D eigenvalue weighted by Gasteiger charge is -2.15. The first kappa shape index (κ1) is 24.3. The quantitative estimate of drug-likeness (QED) is 0.400. The molecule has 2 aromatic heterocycles. The summed E-state index contributed by atoms with van der Waals surface area (Å²) in [4.78, 5) is 12.7. The minimum Gasteiger partial charge on any atom is -0.390 e. The Hall–Kier alpha value is -2.38. The molecule has 4 rings (SSSR count). The highest BCUT2D eigenvalue weighted by Crippen LogP contribution is 2.34. The van der Waals surface area contributed by atoms with Gasteiger partial charge in [0.15, 0.2) is 0 Å². The lowest BCUT2D eigenvalue weighted by Crippen LogP contribution is -2.29. The number of aromatic nitrogens is 3. The summed E-state index contributed by atoms with van der Waals surface area (Å²) in [5, 5.41) is 19.7. The fraction of sp³-hybridized carbons (Fsp3) is 0.450. The van der Waals surface area contributed by atoms with Crippen molar-refractivity contribution in [3.05, 3.63) is 30.0 Å². The zero-order valence-corrected chi connectivity index (χ0v) is 19.6. The second kappa shape index (κ2) is 9.63. The number of anilines is 2. The molecule has 0 amide bonds. The summed E-state index contributed by atoms with van der Waals surface area (Å²) in [6, 6.07) is 7.95. The topological polar surface area (TPSA) is 175 Å². The van der Waals surface area contributed by atoms with Crippen molar-refractivity contribution in [3.8, 4) is 10.6 Å². The van der Waals surface area contributed by atoms with E-state index < -0.39 is 22.3 Å². The highest BCUT2D eigenvalue weighted by atomic mass is 32.2. The number of thiazole rings is 1. The van der Waals surface area contributed by atoms with Crippen LogP contribution in [0.3, 0.4) is 0 Å². The third-order valence-corrected chi connectivity index (χ3v) is 6.85. The Balaban J connectivity index is 0.000000188. The van der Waals surface area contributed by atoms with Gasteiger partial charge in [-0.1, -0.05) is 19.1 Å². The summed E-state index contributed by atoms with van der Waals surface area (Å²) < 4.78 is 27.1. The number of aliphatic hydroxyl groups is 2. The molecule has 1 fully saturated rings. The van der Waals surface area contributed by atoms with Crippen molar-refractivity contribution in [1.82, 2.24) is 15.0 Å². The molecule has 1 saturated carbocycles. The summed E-state index contributed by atoms with van der Waals surface area (Å²) in [6.45, 7) is 3.62. The molecule has 3 aromatic rings. The van der Waals surface area contributed by atoms with Gasteiger partial charge < -0.3 is 21.7 Å². The summed E-state index contributed by atoms with van der Waals surface area (Å²) >= 11 is 1.57. The van der Waals surface area contributed by atoms with Gasteiger partial charge in [0.05, 0.1) is 46.5 Å². The Morgan fingerprint density at radius 3 is 2.41 bits per heavy atom. The molecule has 1 aromatic carbocycles. The molecule has 1 aliphatic carbocycles. The van der Waals surface area contributed by atoms with Crippen LogP contribution in [0.4, 0.5) is 11.8 Å². The zero-order valence-electron chi connectivity index (χ0n) is 18.0. The normalized spacial score (nSPS) is 23.2. The summed E-state index contributed by atoms with van der Waals surface area (Å²) in [7, 11) is -3.46. The smallest absolute Gasteiger partial charge is 0.264 e. The lowest BCUT2D eigenvalue weighted by atomic mass is 10.1. The summed E-state index contributed by atoms with van der Waals surface area (Å²) in [5.41, 5.74) is 13.9. The number of nitrogen functional groups attached to an aromatic ring is 2. The molecule has 174 valence electrons. The molecule has 0 unspecified atom stereocenters. The third-order valence-electron chi connectivity index (χ3n) is 5.23. The highest BCUT2D eigenvalue weighted by molar-refractivity contribution is 7.85. The maximum absolute atomic E-state index is 10.7. The molecule has 12 heteroatoms. The Morgan fingerprint density at radius 2 is 1.84 bits per heavy atom. The summed E-state index contributed by atoms with van der Waals surface area (Å²) in [6.07, 6.45) is -0.110. The Kier molecular flexibility index (Phi) is 7.30. The van der Waals surface area contributed by atoms with Gasteiger partial charge in [0.2, 0.25) is 5.95 Å². The molecule has 0 aliphatic heterocycles. The minimum absolute atomic E-state index is 0.0156. The van der Waals surface area contributed by atoms with Gasteiger partial charge >= 0.3 is 0 Å². The fourth-order valence-corrected chi connectivity index (χ4v) is 5.10. The van der Waals surface area contributed by atoms with Gasteiger partial charge in [-0.3, -0.25) is 4.18 Å². The monoisotopic (exact) mass is 481 g/mol. The van der Waals surface area contributed by atoms with Crippen LogP contribution in [-0.2, 0) is 14.3 Å². The standard InChI is InChI=1S/C12H11N5S.C8H16O5S/c1-6-9(10(13)17-12(14)15-6)11-16-7-4-2-3-5-8(7)18-11;1-5-3-6(8(10)7(5)9)4-13-14(2,11)12/h2-5H,1H3,(H4,13,14,15,17);5-10H,3-4H2,1-2H3/t;5-,6-,7+,8-/m.1/s1. The maximum atomic E-state index is 10.7. The number of aryl methyl sites for hydroxylation is 1. The van der Waals surface area contributed by atoms with Crippen molar-refractivity contribution in [3.63, 3.8) is 0 Å². The van der Waals surface area contributed by atoms with E-state index in [0.717, 1.165) is 32.7 Å². The van der Waals surface area contributed by atoms with Gasteiger partial charge in [0, 0.05) is 5.92 Å². The van der Waals surface area contributed by atoms with Crippen LogP contribution in [0.5, 0.6) is 0 Å². The fourth-order valence-electron chi connectivity index (χ4n) is 3.61. The van der Waals surface area contributed by atoms with E-state index in [1.165, 1.54) is 0 Å². The zero-order chi connectivity index (χ0) is 23.6. The highest BCUT2D eigenvalue weighted by Gasteiger charge is 2.39. The molecule has 4 atom stereocenters. The Labute approximate surface area is 190 Å². The number of hydrogen-bond donors (Lipinski definition) is 4. The van der Waals surface area contributed by atoms with Gasteiger partial charge in [0.25, 0.3) is 10.1 Å². The van der Waals surface area contributed by atoms with E-state index in [9.17, 15) is 18.6 Å². The van der Waals surface area contributed by atoms with Crippen molar-refractivity contribution in [2.75, 3.05) is 24.3 Å². The third kappa shape index (κ3) is 5.70. The van der Waals surface area contributed by atoms with Crippen molar-refractivity contribution < 1.29 is 22.8 Å². The van der Waals surface area contributed by atoms with Gasteiger partial charge in [0.1, 0.15) is 10.8 Å². The Morgan fingerprint density at radius 1 is 1.16 bits per heavy atom. The number of hydrogen-bond acceptors (Lipinski definition) is 11. The van der Waals surface area contributed by atoms with Crippen LogP contribution in [0.25, 0.3) is 20.8 Å². The van der Waals surface area contributed by atoms with Crippen LogP contribution < -0.4 is 11.5 Å². The average Bonchev–Trinajstić information content (AvgIpc) is 3.22. The molecule has 1 aliphatic rings. The lowest BCUT2D eigenvalue weighted by molar-refractivity contribution is -0.000861. The molecular weight excluding hydrogens is 454 g/mol. The number of nitrogens with zero attached hydrogens (tertiary/aromatic N) is 3. The van der Waals surface area contributed by atoms with Crippen molar-refractivity contribution in [2.24, 2.45) is 11.8 Å². The van der Waals surface area contributed by atoms with E-state index in [1.54, 1.807) is 11.3 Å². The number of benzene rings is 1. The Bertz CT molecular complexity index is 1140. The van der Waals surface area contributed by atoms with Crippen molar-refractivity contribution in [2.45, 2.75) is 32.5 Å². The molecule has 0 radical (unpaired) electrons. The van der Waals surface area contributed by atoms with E-state index >= 15 is 0 Å². The van der Waals surface area contributed by atoms with E-state index in [1.807, 2.05) is 38.1 Å². The van der Waals surface area contributed by atoms with Crippen LogP contribution in [0, 0.1) is 18.8 Å². The molecule has 0 bridgehead atoms. The average molecular weight is 482 g/mol. The number of para-hydroxylation sites is 1. The van der Waals surface area contributed by atoms with Gasteiger partial charge in [-0.15, -0.1) is 11.3 Å². The van der Waals surface area contributed by atoms with E-state index in [-0.39, 0.29) is 24.4 Å². The van der Waals surface area contributed by atoms with Gasteiger partial charge in [-0.2, -0.15) is 13.4 Å². The predicted molar refractivity (Wildman–Crippen MR) is 124 cm³/mol. The van der Waals surface area contributed by atoms with Crippen LogP contribution in [0.15, 0.2) is 24.3 Å².